The van der Waals surface area contributed by atoms with E-state index in [1.807, 2.05) is 35.8 Å². The van der Waals surface area contributed by atoms with Gasteiger partial charge in [-0.05, 0) is 38.1 Å². The van der Waals surface area contributed by atoms with E-state index < -0.39 is 6.10 Å². The van der Waals surface area contributed by atoms with Crippen LogP contribution in [0.2, 0.25) is 0 Å². The van der Waals surface area contributed by atoms with Gasteiger partial charge in [-0.25, -0.2) is 9.50 Å². The molecule has 0 aliphatic heterocycles. The van der Waals surface area contributed by atoms with Crippen LogP contribution in [0.5, 0.6) is 11.5 Å². The van der Waals surface area contributed by atoms with E-state index in [9.17, 15) is 5.11 Å². The van der Waals surface area contributed by atoms with E-state index in [-0.39, 0.29) is 6.61 Å². The molecule has 0 fully saturated rings. The molecule has 3 aromatic rings. The van der Waals surface area contributed by atoms with Gasteiger partial charge in [0.05, 0.1) is 19.0 Å². The Bertz CT molecular complexity index is 952. The zero-order chi connectivity index (χ0) is 20.3. The minimum absolute atomic E-state index is 0.194. The van der Waals surface area contributed by atoms with Gasteiger partial charge in [0.2, 0.25) is 0 Å². The number of hydrogen-bond donors (Lipinski definition) is 2. The van der Waals surface area contributed by atoms with Crippen LogP contribution in [0.15, 0.2) is 30.5 Å². The van der Waals surface area contributed by atoms with Crippen LogP contribution in [-0.2, 0) is 0 Å². The van der Waals surface area contributed by atoms with E-state index in [1.54, 1.807) is 20.2 Å². The van der Waals surface area contributed by atoms with Gasteiger partial charge in [-0.15, -0.1) is 0 Å². The molecule has 0 radical (unpaired) electrons. The summed E-state index contributed by atoms with van der Waals surface area (Å²) in [5.41, 5.74) is 4.69. The van der Waals surface area contributed by atoms with Crippen molar-refractivity contribution < 1.29 is 14.6 Å². The molecule has 150 valence electrons. The van der Waals surface area contributed by atoms with Gasteiger partial charge in [-0.1, -0.05) is 13.8 Å². The number of aromatic nitrogens is 3. The lowest BCUT2D eigenvalue weighted by molar-refractivity contribution is 0.108. The first-order chi connectivity index (χ1) is 13.4. The van der Waals surface area contributed by atoms with Gasteiger partial charge in [0.15, 0.2) is 5.65 Å². The average Bonchev–Trinajstić information content (AvgIpc) is 3.11. The van der Waals surface area contributed by atoms with E-state index in [0.29, 0.717) is 24.0 Å². The molecular formula is C21H28N4O3. The predicted molar refractivity (Wildman–Crippen MR) is 109 cm³/mol. The number of fused-ring (bicyclic) bond motifs is 1. The summed E-state index contributed by atoms with van der Waals surface area (Å²) in [4.78, 5) is 4.86. The summed E-state index contributed by atoms with van der Waals surface area (Å²) in [5, 5.41) is 17.3. The number of rotatable bonds is 8. The fourth-order valence-electron chi connectivity index (χ4n) is 3.09. The van der Waals surface area contributed by atoms with Crippen molar-refractivity contribution >= 4 is 5.65 Å². The maximum atomic E-state index is 9.90. The third kappa shape index (κ3) is 4.26. The van der Waals surface area contributed by atoms with Gasteiger partial charge >= 0.3 is 0 Å². The van der Waals surface area contributed by atoms with Gasteiger partial charge in [0, 0.05) is 29.4 Å². The molecule has 0 bridgehead atoms. The molecule has 0 saturated carbocycles. The fourth-order valence-corrected chi connectivity index (χ4v) is 3.09. The van der Waals surface area contributed by atoms with Crippen LogP contribution in [0.3, 0.4) is 0 Å². The molecule has 2 aromatic heterocycles. The number of aliphatic hydroxyl groups is 1. The van der Waals surface area contributed by atoms with Gasteiger partial charge in [0.25, 0.3) is 0 Å². The van der Waals surface area contributed by atoms with Crippen LogP contribution in [0, 0.1) is 6.92 Å². The summed E-state index contributed by atoms with van der Waals surface area (Å²) in [5.74, 6) is 1.63. The number of nitrogens with one attached hydrogen (secondary N) is 1. The zero-order valence-electron chi connectivity index (χ0n) is 17.1. The second-order valence-electron chi connectivity index (χ2n) is 7.19. The Hall–Kier alpha value is -2.64. The topological polar surface area (TPSA) is 80.9 Å². The minimum Gasteiger partial charge on any atom is -0.497 e. The largest absolute Gasteiger partial charge is 0.497 e. The molecule has 0 saturated heterocycles. The smallest absolute Gasteiger partial charge is 0.159 e. The Kier molecular flexibility index (Phi) is 6.16. The molecule has 1 atom stereocenters. The average molecular weight is 384 g/mol. The molecule has 0 aliphatic carbocycles. The van der Waals surface area contributed by atoms with Gasteiger partial charge in [-0.3, -0.25) is 0 Å². The maximum Gasteiger partial charge on any atom is 0.159 e. The Morgan fingerprint density at radius 1 is 1.18 bits per heavy atom. The number of hydrogen-bond acceptors (Lipinski definition) is 6. The molecule has 0 amide bonds. The summed E-state index contributed by atoms with van der Waals surface area (Å²) in [6.45, 7) is 6.94. The highest BCUT2D eigenvalue weighted by Gasteiger charge is 2.14. The van der Waals surface area contributed by atoms with Crippen LogP contribution in [0.1, 0.15) is 31.0 Å². The minimum atomic E-state index is -0.586. The van der Waals surface area contributed by atoms with Crippen molar-refractivity contribution in [3.05, 3.63) is 41.7 Å². The molecule has 7 nitrogen and oxygen atoms in total. The molecule has 0 aliphatic rings. The Morgan fingerprint density at radius 3 is 2.61 bits per heavy atom. The van der Waals surface area contributed by atoms with E-state index >= 15 is 0 Å². The van der Waals surface area contributed by atoms with Crippen molar-refractivity contribution in [1.29, 1.82) is 0 Å². The third-order valence-corrected chi connectivity index (χ3v) is 4.59. The van der Waals surface area contributed by atoms with Crippen LogP contribution in [0.25, 0.3) is 16.9 Å². The highest BCUT2D eigenvalue weighted by atomic mass is 16.5. The Morgan fingerprint density at radius 2 is 1.93 bits per heavy atom. The van der Waals surface area contributed by atoms with E-state index in [0.717, 1.165) is 28.2 Å². The molecule has 1 unspecified atom stereocenters. The van der Waals surface area contributed by atoms with E-state index in [2.05, 4.69) is 24.3 Å². The number of aliphatic hydroxyl groups excluding tert-OH is 1. The first kappa shape index (κ1) is 20.1. The van der Waals surface area contributed by atoms with Crippen molar-refractivity contribution in [2.75, 3.05) is 27.3 Å². The van der Waals surface area contributed by atoms with Gasteiger partial charge in [-0.2, -0.15) is 5.10 Å². The molecule has 28 heavy (non-hydrogen) atoms. The number of benzene rings is 1. The summed E-state index contributed by atoms with van der Waals surface area (Å²) in [7, 11) is 3.41. The fraction of sp³-hybridized carbons (Fsp3) is 0.429. The van der Waals surface area contributed by atoms with E-state index in [4.69, 9.17) is 14.5 Å². The highest BCUT2D eigenvalue weighted by molar-refractivity contribution is 5.67. The molecule has 3 rings (SSSR count). The zero-order valence-corrected chi connectivity index (χ0v) is 17.1. The standard InChI is InChI=1S/C21H28N4O3/c1-13(2)19-11-23-25-14(3)6-20(24-21(19)25)15-7-17(27-5)9-18(8-15)28-12-16(26)10-22-4/h6-9,11,13,16,22,26H,10,12H2,1-5H3. The maximum absolute atomic E-state index is 9.90. The normalized spacial score (nSPS) is 12.5. The predicted octanol–water partition coefficient (Wildman–Crippen LogP) is 2.80. The highest BCUT2D eigenvalue weighted by Crippen LogP contribution is 2.31. The summed E-state index contributed by atoms with van der Waals surface area (Å²) < 4.78 is 13.1. The second kappa shape index (κ2) is 8.58. The number of aryl methyl sites for hydroxylation is 1. The Labute approximate surface area is 165 Å². The summed E-state index contributed by atoms with van der Waals surface area (Å²) in [6, 6.07) is 7.65. The van der Waals surface area contributed by atoms with Crippen molar-refractivity contribution in [3.8, 4) is 22.8 Å². The quantitative estimate of drug-likeness (QED) is 0.622. The number of methoxy groups -OCH3 is 1. The molecule has 0 spiro atoms. The number of likely N-dealkylation sites (N-methyl/N-ethyl adjacent to an activating group) is 1. The SMILES string of the molecule is CNCC(O)COc1cc(OC)cc(-c2cc(C)n3ncc(C(C)C)c3n2)c1. The first-order valence-corrected chi connectivity index (χ1v) is 9.43. The second-order valence-corrected chi connectivity index (χ2v) is 7.19. The first-order valence-electron chi connectivity index (χ1n) is 9.43. The molecule has 7 heteroatoms. The number of nitrogens with zero attached hydrogens (tertiary/aromatic N) is 3. The van der Waals surface area contributed by atoms with Crippen LogP contribution < -0.4 is 14.8 Å². The molecule has 2 heterocycles. The van der Waals surface area contributed by atoms with Crippen molar-refractivity contribution in [2.45, 2.75) is 32.8 Å². The summed E-state index contributed by atoms with van der Waals surface area (Å²) >= 11 is 0. The van der Waals surface area contributed by atoms with E-state index in [1.165, 1.54) is 0 Å². The monoisotopic (exact) mass is 384 g/mol. The van der Waals surface area contributed by atoms with Crippen LogP contribution in [-0.4, -0.2) is 53.1 Å². The lowest BCUT2D eigenvalue weighted by atomic mass is 10.1. The van der Waals surface area contributed by atoms with Crippen molar-refractivity contribution in [2.24, 2.45) is 0 Å². The van der Waals surface area contributed by atoms with Crippen molar-refractivity contribution in [3.63, 3.8) is 0 Å². The van der Waals surface area contributed by atoms with Crippen molar-refractivity contribution in [1.82, 2.24) is 19.9 Å². The van der Waals surface area contributed by atoms with Crippen LogP contribution >= 0.6 is 0 Å². The van der Waals surface area contributed by atoms with Gasteiger partial charge < -0.3 is 19.9 Å². The third-order valence-electron chi connectivity index (χ3n) is 4.59. The lowest BCUT2D eigenvalue weighted by Gasteiger charge is -2.14. The summed E-state index contributed by atoms with van der Waals surface area (Å²) in [6.07, 6.45) is 1.30. The molecular weight excluding hydrogens is 356 g/mol. The number of ether oxygens (including phenoxy) is 2. The van der Waals surface area contributed by atoms with Gasteiger partial charge in [0.1, 0.15) is 24.2 Å². The lowest BCUT2D eigenvalue weighted by Crippen LogP contribution is -2.29. The Balaban J connectivity index is 2.00. The molecule has 2 N–H and O–H groups in total. The molecule has 1 aromatic carbocycles. The van der Waals surface area contributed by atoms with Crippen LogP contribution in [0.4, 0.5) is 0 Å².